The van der Waals surface area contributed by atoms with Crippen molar-refractivity contribution in [2.24, 2.45) is 0 Å². The maximum absolute atomic E-state index is 12.0. The van der Waals surface area contributed by atoms with Gasteiger partial charge in [0.05, 0.1) is 0 Å². The van der Waals surface area contributed by atoms with E-state index in [1.165, 1.54) is 19.3 Å². The average molecular weight is 214 g/mol. The quantitative estimate of drug-likeness (QED) is 0.663. The number of carbonyl (C=O) groups excluding carboxylic acids is 1. The molecule has 0 heterocycles. The fourth-order valence-corrected chi connectivity index (χ4v) is 2.20. The second kappa shape index (κ2) is 6.23. The van der Waals surface area contributed by atoms with Crippen LogP contribution in [0.4, 0.5) is 0 Å². The molecule has 88 valence electrons. The number of Topliss-reactive ketones (excluding diaryl/α,β-unsaturated/α-hetero) is 1. The summed E-state index contributed by atoms with van der Waals surface area (Å²) in [5, 5.41) is 0. The zero-order chi connectivity index (χ0) is 11.1. The van der Waals surface area contributed by atoms with Gasteiger partial charge in [-0.3, -0.25) is 4.79 Å². The Morgan fingerprint density at radius 2 is 1.47 bits per heavy atom. The van der Waals surface area contributed by atoms with E-state index in [1.54, 1.807) is 14.2 Å². The summed E-state index contributed by atoms with van der Waals surface area (Å²) in [4.78, 5) is 12.0. The summed E-state index contributed by atoms with van der Waals surface area (Å²) in [7, 11) is 3.13. The van der Waals surface area contributed by atoms with Gasteiger partial charge in [0.2, 0.25) is 5.79 Å². The Morgan fingerprint density at radius 1 is 0.933 bits per heavy atom. The molecule has 1 aliphatic rings. The van der Waals surface area contributed by atoms with Gasteiger partial charge in [-0.1, -0.05) is 25.7 Å². The van der Waals surface area contributed by atoms with Crippen molar-refractivity contribution >= 4 is 5.78 Å². The normalized spacial score (nSPS) is 23.7. The maximum Gasteiger partial charge on any atom is 0.228 e. The zero-order valence-electron chi connectivity index (χ0n) is 9.88. The molecule has 0 aromatic carbocycles. The highest BCUT2D eigenvalue weighted by atomic mass is 16.7. The van der Waals surface area contributed by atoms with Crippen molar-refractivity contribution in [3.8, 4) is 0 Å². The van der Waals surface area contributed by atoms with Crippen molar-refractivity contribution in [2.75, 3.05) is 14.2 Å². The minimum atomic E-state index is -0.961. The van der Waals surface area contributed by atoms with Crippen LogP contribution in [-0.2, 0) is 14.3 Å². The lowest BCUT2D eigenvalue weighted by Gasteiger charge is -2.30. The molecule has 1 saturated carbocycles. The van der Waals surface area contributed by atoms with E-state index >= 15 is 0 Å². The summed E-state index contributed by atoms with van der Waals surface area (Å²) in [6.45, 7) is 0. The Kier molecular flexibility index (Phi) is 5.26. The number of rotatable bonds is 2. The minimum Gasteiger partial charge on any atom is -0.347 e. The van der Waals surface area contributed by atoms with Gasteiger partial charge in [0, 0.05) is 27.1 Å². The standard InChI is InChI=1S/C12H22O3/c1-14-12(15-2)10-8-6-4-3-5-7-9-11(12)13/h3-10H2,1-2H3. The number of ether oxygens (including phenoxy) is 2. The molecule has 1 rings (SSSR count). The van der Waals surface area contributed by atoms with Gasteiger partial charge < -0.3 is 9.47 Å². The highest BCUT2D eigenvalue weighted by Gasteiger charge is 2.37. The summed E-state index contributed by atoms with van der Waals surface area (Å²) in [5.74, 6) is -0.855. The van der Waals surface area contributed by atoms with Crippen molar-refractivity contribution in [1.29, 1.82) is 0 Å². The molecule has 0 aromatic heterocycles. The highest BCUT2D eigenvalue weighted by Crippen LogP contribution is 2.26. The number of methoxy groups -OCH3 is 2. The molecule has 0 radical (unpaired) electrons. The Bertz CT molecular complexity index is 197. The van der Waals surface area contributed by atoms with Crippen LogP contribution in [0, 0.1) is 0 Å². The third-order valence-corrected chi connectivity index (χ3v) is 3.24. The Balaban J connectivity index is 2.65. The number of ketones is 1. The Labute approximate surface area is 92.1 Å². The number of hydrogen-bond donors (Lipinski definition) is 0. The predicted octanol–water partition coefficient (Wildman–Crippen LogP) is 2.68. The van der Waals surface area contributed by atoms with Crippen molar-refractivity contribution in [2.45, 2.75) is 57.2 Å². The first-order chi connectivity index (χ1) is 7.25. The van der Waals surface area contributed by atoms with E-state index in [4.69, 9.17) is 9.47 Å². The molecule has 3 heteroatoms. The third kappa shape index (κ3) is 3.28. The predicted molar refractivity (Wildman–Crippen MR) is 58.7 cm³/mol. The van der Waals surface area contributed by atoms with Crippen LogP contribution >= 0.6 is 0 Å². The second-order valence-corrected chi connectivity index (χ2v) is 4.21. The molecule has 0 bridgehead atoms. The molecule has 0 aromatic rings. The van der Waals surface area contributed by atoms with Crippen LogP contribution in [0.25, 0.3) is 0 Å². The molecule has 0 spiro atoms. The lowest BCUT2D eigenvalue weighted by Crippen LogP contribution is -2.42. The molecule has 0 atom stereocenters. The van der Waals surface area contributed by atoms with Crippen molar-refractivity contribution in [3.05, 3.63) is 0 Å². The Morgan fingerprint density at radius 3 is 2.07 bits per heavy atom. The van der Waals surface area contributed by atoms with Crippen LogP contribution < -0.4 is 0 Å². The lowest BCUT2D eigenvalue weighted by molar-refractivity contribution is -0.210. The van der Waals surface area contributed by atoms with Crippen molar-refractivity contribution < 1.29 is 14.3 Å². The summed E-state index contributed by atoms with van der Waals surface area (Å²) >= 11 is 0. The van der Waals surface area contributed by atoms with E-state index < -0.39 is 5.79 Å². The van der Waals surface area contributed by atoms with E-state index in [1.807, 2.05) is 0 Å². The van der Waals surface area contributed by atoms with Crippen LogP contribution in [0.15, 0.2) is 0 Å². The average Bonchev–Trinajstić information content (AvgIpc) is 2.28. The van der Waals surface area contributed by atoms with Crippen LogP contribution in [0.1, 0.15) is 51.4 Å². The minimum absolute atomic E-state index is 0.106. The zero-order valence-corrected chi connectivity index (χ0v) is 9.88. The molecule has 1 fully saturated rings. The molecule has 0 aliphatic heterocycles. The SMILES string of the molecule is COC1(OC)CCCCCCCCC1=O. The fraction of sp³-hybridized carbons (Fsp3) is 0.917. The molecule has 0 amide bonds. The first-order valence-corrected chi connectivity index (χ1v) is 5.89. The van der Waals surface area contributed by atoms with Gasteiger partial charge in [-0.05, 0) is 12.8 Å². The van der Waals surface area contributed by atoms with Crippen molar-refractivity contribution in [1.82, 2.24) is 0 Å². The molecule has 15 heavy (non-hydrogen) atoms. The Hall–Kier alpha value is -0.410. The van der Waals surface area contributed by atoms with E-state index in [0.717, 1.165) is 19.3 Å². The first kappa shape index (κ1) is 12.7. The van der Waals surface area contributed by atoms with Gasteiger partial charge in [0.1, 0.15) is 0 Å². The summed E-state index contributed by atoms with van der Waals surface area (Å²) in [6, 6.07) is 0. The van der Waals surface area contributed by atoms with Crippen LogP contribution in [0.3, 0.4) is 0 Å². The molecule has 3 nitrogen and oxygen atoms in total. The highest BCUT2D eigenvalue weighted by molar-refractivity contribution is 5.85. The van der Waals surface area contributed by atoms with Gasteiger partial charge >= 0.3 is 0 Å². The van der Waals surface area contributed by atoms with Gasteiger partial charge in [0.25, 0.3) is 0 Å². The summed E-state index contributed by atoms with van der Waals surface area (Å²) in [5.41, 5.74) is 0. The van der Waals surface area contributed by atoms with Gasteiger partial charge in [-0.15, -0.1) is 0 Å². The lowest BCUT2D eigenvalue weighted by atomic mass is 9.95. The molecule has 0 saturated heterocycles. The van der Waals surface area contributed by atoms with Gasteiger partial charge in [0.15, 0.2) is 5.78 Å². The molecule has 0 N–H and O–H groups in total. The molecular weight excluding hydrogens is 192 g/mol. The van der Waals surface area contributed by atoms with Gasteiger partial charge in [-0.2, -0.15) is 0 Å². The van der Waals surface area contributed by atoms with E-state index in [-0.39, 0.29) is 5.78 Å². The summed E-state index contributed by atoms with van der Waals surface area (Å²) in [6.07, 6.45) is 8.08. The smallest absolute Gasteiger partial charge is 0.228 e. The molecular formula is C12H22O3. The first-order valence-electron chi connectivity index (χ1n) is 5.89. The van der Waals surface area contributed by atoms with Crippen molar-refractivity contribution in [3.63, 3.8) is 0 Å². The fourth-order valence-electron chi connectivity index (χ4n) is 2.20. The monoisotopic (exact) mass is 214 g/mol. The van der Waals surface area contributed by atoms with Crippen LogP contribution in [0.2, 0.25) is 0 Å². The molecule has 1 aliphatic carbocycles. The summed E-state index contributed by atoms with van der Waals surface area (Å²) < 4.78 is 10.6. The van der Waals surface area contributed by atoms with Crippen LogP contribution in [0.5, 0.6) is 0 Å². The van der Waals surface area contributed by atoms with E-state index in [0.29, 0.717) is 12.8 Å². The second-order valence-electron chi connectivity index (χ2n) is 4.21. The van der Waals surface area contributed by atoms with E-state index in [9.17, 15) is 4.79 Å². The largest absolute Gasteiger partial charge is 0.347 e. The molecule has 0 unspecified atom stereocenters. The van der Waals surface area contributed by atoms with Crippen LogP contribution in [-0.4, -0.2) is 25.8 Å². The van der Waals surface area contributed by atoms with Gasteiger partial charge in [-0.25, -0.2) is 0 Å². The third-order valence-electron chi connectivity index (χ3n) is 3.24. The number of carbonyl (C=O) groups is 1. The number of hydrogen-bond acceptors (Lipinski definition) is 3. The van der Waals surface area contributed by atoms with E-state index in [2.05, 4.69) is 0 Å². The topological polar surface area (TPSA) is 35.5 Å². The maximum atomic E-state index is 12.0.